The number of nitrogens with zero attached hydrogens (tertiary/aromatic N) is 2. The molecule has 2 heterocycles. The highest BCUT2D eigenvalue weighted by Crippen LogP contribution is 2.26. The van der Waals surface area contributed by atoms with Crippen molar-refractivity contribution >= 4 is 5.91 Å². The fraction of sp³-hybridized carbons (Fsp3) is 0.429. The lowest BCUT2D eigenvalue weighted by atomic mass is 9.88. The van der Waals surface area contributed by atoms with Gasteiger partial charge < -0.3 is 14.4 Å². The van der Waals surface area contributed by atoms with Crippen LogP contribution in [-0.4, -0.2) is 42.1 Å². The maximum atomic E-state index is 11.8. The number of aromatic nitrogens is 1. The van der Waals surface area contributed by atoms with E-state index in [0.29, 0.717) is 6.61 Å². The maximum Gasteiger partial charge on any atom is 0.219 e. The lowest BCUT2D eigenvalue weighted by Gasteiger charge is -2.38. The van der Waals surface area contributed by atoms with E-state index in [0.717, 1.165) is 37.2 Å². The van der Waals surface area contributed by atoms with Crippen LogP contribution in [0.5, 0.6) is 5.75 Å². The number of likely N-dealkylation sites (tertiary alicyclic amines) is 1. The van der Waals surface area contributed by atoms with Crippen LogP contribution in [0.2, 0.25) is 0 Å². The van der Waals surface area contributed by atoms with Crippen LogP contribution in [0.4, 0.5) is 0 Å². The summed E-state index contributed by atoms with van der Waals surface area (Å²) < 4.78 is 11.5. The fourth-order valence-electron chi connectivity index (χ4n) is 3.46. The average molecular weight is 354 g/mol. The van der Waals surface area contributed by atoms with Crippen molar-refractivity contribution in [3.8, 4) is 5.75 Å². The van der Waals surface area contributed by atoms with Crippen LogP contribution in [0, 0.1) is 5.92 Å². The highest BCUT2D eigenvalue weighted by atomic mass is 16.5. The van der Waals surface area contributed by atoms with Gasteiger partial charge in [-0.1, -0.05) is 12.1 Å². The van der Waals surface area contributed by atoms with Gasteiger partial charge in [-0.2, -0.15) is 0 Å². The monoisotopic (exact) mass is 354 g/mol. The first kappa shape index (κ1) is 18.4. The molecule has 1 saturated heterocycles. The van der Waals surface area contributed by atoms with Gasteiger partial charge in [0.15, 0.2) is 0 Å². The molecule has 5 nitrogen and oxygen atoms in total. The third kappa shape index (κ3) is 4.82. The van der Waals surface area contributed by atoms with Gasteiger partial charge in [-0.05, 0) is 48.2 Å². The molecule has 2 aromatic rings. The van der Waals surface area contributed by atoms with Crippen LogP contribution in [0.3, 0.4) is 0 Å². The molecular weight excluding hydrogens is 328 g/mol. The number of methoxy groups -OCH3 is 1. The summed E-state index contributed by atoms with van der Waals surface area (Å²) in [6, 6.07) is 12.1. The first-order valence-electron chi connectivity index (χ1n) is 9.04. The molecule has 1 aromatic carbocycles. The number of carbonyl (C=O) groups is 1. The number of benzene rings is 1. The Morgan fingerprint density at radius 2 is 1.88 bits per heavy atom. The van der Waals surface area contributed by atoms with Gasteiger partial charge in [0.05, 0.1) is 19.8 Å². The Bertz CT molecular complexity index is 703. The summed E-state index contributed by atoms with van der Waals surface area (Å²) in [7, 11) is 1.67. The number of carbonyl (C=O) groups excluding carboxylic acids is 1. The van der Waals surface area contributed by atoms with Gasteiger partial charge in [0.25, 0.3) is 0 Å². The summed E-state index contributed by atoms with van der Waals surface area (Å²) in [5.74, 6) is 1.27. The number of rotatable bonds is 6. The molecule has 1 fully saturated rings. The Morgan fingerprint density at radius 3 is 2.54 bits per heavy atom. The summed E-state index contributed by atoms with van der Waals surface area (Å²) in [5.41, 5.74) is 2.36. The Kier molecular flexibility index (Phi) is 6.23. The number of hydrogen-bond donors (Lipinski definition) is 0. The molecule has 5 heteroatoms. The van der Waals surface area contributed by atoms with E-state index in [-0.39, 0.29) is 17.9 Å². The predicted octanol–water partition coefficient (Wildman–Crippen LogP) is 3.09. The van der Waals surface area contributed by atoms with E-state index >= 15 is 0 Å². The maximum absolute atomic E-state index is 11.8. The SMILES string of the molecule is COc1ccc(C[C@@H]2CN(C(C)=O)CC[C@H]2OCc2ccncc2)cc1. The summed E-state index contributed by atoms with van der Waals surface area (Å²) in [6.07, 6.45) is 5.46. The summed E-state index contributed by atoms with van der Waals surface area (Å²) in [5, 5.41) is 0. The molecule has 0 spiro atoms. The molecule has 0 radical (unpaired) electrons. The van der Waals surface area contributed by atoms with Crippen molar-refractivity contribution < 1.29 is 14.3 Å². The molecule has 1 aromatic heterocycles. The van der Waals surface area contributed by atoms with E-state index < -0.39 is 0 Å². The zero-order chi connectivity index (χ0) is 18.4. The molecule has 0 N–H and O–H groups in total. The normalized spacial score (nSPS) is 20.0. The minimum atomic E-state index is 0.136. The van der Waals surface area contributed by atoms with E-state index in [1.807, 2.05) is 29.2 Å². The second-order valence-electron chi connectivity index (χ2n) is 6.77. The van der Waals surface area contributed by atoms with Crippen LogP contribution in [-0.2, 0) is 22.6 Å². The van der Waals surface area contributed by atoms with Gasteiger partial charge in [-0.25, -0.2) is 0 Å². The van der Waals surface area contributed by atoms with Crippen molar-refractivity contribution in [2.45, 2.75) is 32.5 Å². The van der Waals surface area contributed by atoms with Crippen molar-refractivity contribution in [2.24, 2.45) is 5.92 Å². The summed E-state index contributed by atoms with van der Waals surface area (Å²) in [4.78, 5) is 17.8. The molecule has 0 bridgehead atoms. The highest BCUT2D eigenvalue weighted by Gasteiger charge is 2.31. The molecule has 2 atom stereocenters. The van der Waals surface area contributed by atoms with Gasteiger partial charge in [0, 0.05) is 38.3 Å². The van der Waals surface area contributed by atoms with E-state index in [9.17, 15) is 4.79 Å². The fourth-order valence-corrected chi connectivity index (χ4v) is 3.46. The first-order chi connectivity index (χ1) is 12.7. The van der Waals surface area contributed by atoms with Crippen molar-refractivity contribution in [3.63, 3.8) is 0 Å². The van der Waals surface area contributed by atoms with Gasteiger partial charge in [0.2, 0.25) is 5.91 Å². The van der Waals surface area contributed by atoms with Gasteiger partial charge in [-0.3, -0.25) is 9.78 Å². The number of amides is 1. The second kappa shape index (κ2) is 8.81. The van der Waals surface area contributed by atoms with Crippen molar-refractivity contribution in [2.75, 3.05) is 20.2 Å². The van der Waals surface area contributed by atoms with E-state index in [1.165, 1.54) is 5.56 Å². The zero-order valence-corrected chi connectivity index (χ0v) is 15.4. The molecule has 0 saturated carbocycles. The Morgan fingerprint density at radius 1 is 1.15 bits per heavy atom. The summed E-state index contributed by atoms with van der Waals surface area (Å²) >= 11 is 0. The minimum absolute atomic E-state index is 0.136. The first-order valence-corrected chi connectivity index (χ1v) is 9.04. The second-order valence-corrected chi connectivity index (χ2v) is 6.77. The number of hydrogen-bond acceptors (Lipinski definition) is 4. The third-order valence-corrected chi connectivity index (χ3v) is 4.98. The molecule has 0 aliphatic carbocycles. The number of ether oxygens (including phenoxy) is 2. The Hall–Kier alpha value is -2.40. The lowest BCUT2D eigenvalue weighted by Crippen LogP contribution is -2.46. The van der Waals surface area contributed by atoms with Gasteiger partial charge >= 0.3 is 0 Å². The van der Waals surface area contributed by atoms with Crippen LogP contribution in [0.1, 0.15) is 24.5 Å². The minimum Gasteiger partial charge on any atom is -0.497 e. The molecular formula is C21H26N2O3. The van der Waals surface area contributed by atoms with Crippen LogP contribution < -0.4 is 4.74 Å². The molecule has 1 amide bonds. The standard InChI is InChI=1S/C21H26N2O3/c1-16(24)23-12-9-21(26-15-18-7-10-22-11-8-18)19(14-23)13-17-3-5-20(25-2)6-4-17/h3-8,10-11,19,21H,9,12-15H2,1-2H3/t19-,21-/m1/s1. The van der Waals surface area contributed by atoms with E-state index in [4.69, 9.17) is 9.47 Å². The number of pyridine rings is 1. The Labute approximate surface area is 155 Å². The average Bonchev–Trinajstić information content (AvgIpc) is 2.68. The van der Waals surface area contributed by atoms with Crippen molar-refractivity contribution in [1.82, 2.24) is 9.88 Å². The quantitative estimate of drug-likeness (QED) is 0.800. The summed E-state index contributed by atoms with van der Waals surface area (Å²) in [6.45, 7) is 3.72. The van der Waals surface area contributed by atoms with E-state index in [2.05, 4.69) is 17.1 Å². The largest absolute Gasteiger partial charge is 0.497 e. The van der Waals surface area contributed by atoms with E-state index in [1.54, 1.807) is 26.4 Å². The number of piperidine rings is 1. The van der Waals surface area contributed by atoms with Crippen LogP contribution in [0.15, 0.2) is 48.8 Å². The molecule has 26 heavy (non-hydrogen) atoms. The molecule has 138 valence electrons. The third-order valence-electron chi connectivity index (χ3n) is 4.98. The van der Waals surface area contributed by atoms with Crippen molar-refractivity contribution in [1.29, 1.82) is 0 Å². The zero-order valence-electron chi connectivity index (χ0n) is 15.4. The van der Waals surface area contributed by atoms with Crippen LogP contribution in [0.25, 0.3) is 0 Å². The molecule has 1 aliphatic rings. The molecule has 1 aliphatic heterocycles. The van der Waals surface area contributed by atoms with Gasteiger partial charge in [-0.15, -0.1) is 0 Å². The van der Waals surface area contributed by atoms with Crippen molar-refractivity contribution in [3.05, 3.63) is 59.9 Å². The smallest absolute Gasteiger partial charge is 0.219 e. The molecule has 0 unspecified atom stereocenters. The molecule has 3 rings (SSSR count). The Balaban J connectivity index is 1.67. The predicted molar refractivity (Wildman–Crippen MR) is 99.9 cm³/mol. The van der Waals surface area contributed by atoms with Crippen LogP contribution >= 0.6 is 0 Å². The highest BCUT2D eigenvalue weighted by molar-refractivity contribution is 5.73. The topological polar surface area (TPSA) is 51.7 Å². The lowest BCUT2D eigenvalue weighted by molar-refractivity contribution is -0.134. The van der Waals surface area contributed by atoms with Gasteiger partial charge in [0.1, 0.15) is 5.75 Å².